The van der Waals surface area contributed by atoms with Gasteiger partial charge in [-0.2, -0.15) is 0 Å². The summed E-state index contributed by atoms with van der Waals surface area (Å²) in [5.41, 5.74) is 0.405. The van der Waals surface area contributed by atoms with Crippen LogP contribution < -0.4 is 5.32 Å². The van der Waals surface area contributed by atoms with Gasteiger partial charge in [-0.05, 0) is 6.42 Å². The van der Waals surface area contributed by atoms with Crippen LogP contribution in [0.25, 0.3) is 0 Å². The molecule has 0 aliphatic carbocycles. The molecule has 4 heteroatoms. The molecule has 1 heterocycles. The minimum Gasteiger partial charge on any atom is -0.366 e. The molecule has 0 saturated heterocycles. The van der Waals surface area contributed by atoms with Crippen molar-refractivity contribution in [2.24, 2.45) is 4.99 Å². The van der Waals surface area contributed by atoms with Gasteiger partial charge in [0.25, 0.3) is 0 Å². The average Bonchev–Trinajstić information content (AvgIpc) is 1.95. The molecule has 1 aliphatic heterocycles. The minimum atomic E-state index is -1.30. The van der Waals surface area contributed by atoms with Crippen molar-refractivity contribution in [1.82, 2.24) is 5.32 Å². The van der Waals surface area contributed by atoms with Crippen LogP contribution in [0.3, 0.4) is 0 Å². The number of aliphatic hydroxyl groups is 1. The molecule has 56 valence electrons. The van der Waals surface area contributed by atoms with E-state index < -0.39 is 12.1 Å². The number of hydrogen-bond acceptors (Lipinski definition) is 3. The number of nitrogens with one attached hydrogen (secondary N) is 1. The highest BCUT2D eigenvalue weighted by Gasteiger charge is 2.15. The van der Waals surface area contributed by atoms with Crippen LogP contribution in [0.15, 0.2) is 16.5 Å². The van der Waals surface area contributed by atoms with Crippen molar-refractivity contribution >= 4 is 6.34 Å². The van der Waals surface area contributed by atoms with E-state index in [-0.39, 0.29) is 0 Å². The van der Waals surface area contributed by atoms with E-state index in [1.54, 1.807) is 6.92 Å². The molecule has 0 aromatic carbocycles. The number of allylic oxidation sites excluding steroid dienone is 1. The van der Waals surface area contributed by atoms with Crippen molar-refractivity contribution < 1.29 is 9.50 Å². The van der Waals surface area contributed by atoms with Crippen molar-refractivity contribution in [2.75, 3.05) is 0 Å². The van der Waals surface area contributed by atoms with Gasteiger partial charge in [-0.25, -0.2) is 9.38 Å². The lowest BCUT2D eigenvalue weighted by molar-refractivity contribution is 0.186. The fourth-order valence-electron chi connectivity index (χ4n) is 0.747. The SMILES string of the molecule is CCC1=C(F)C(O)N=CN1. The monoisotopic (exact) mass is 144 g/mol. The lowest BCUT2D eigenvalue weighted by atomic mass is 10.2. The summed E-state index contributed by atoms with van der Waals surface area (Å²) in [4.78, 5) is 3.40. The van der Waals surface area contributed by atoms with E-state index >= 15 is 0 Å². The quantitative estimate of drug-likeness (QED) is 0.563. The minimum absolute atomic E-state index is 0.405. The van der Waals surface area contributed by atoms with Crippen LogP contribution in [0.2, 0.25) is 0 Å². The van der Waals surface area contributed by atoms with Gasteiger partial charge < -0.3 is 10.4 Å². The molecule has 0 amide bonds. The maximum absolute atomic E-state index is 12.7. The summed E-state index contributed by atoms with van der Waals surface area (Å²) in [6.45, 7) is 1.80. The Morgan fingerprint density at radius 3 is 3.10 bits per heavy atom. The van der Waals surface area contributed by atoms with Gasteiger partial charge in [0.2, 0.25) is 6.23 Å². The summed E-state index contributed by atoms with van der Waals surface area (Å²) < 4.78 is 12.7. The number of nitrogens with zero attached hydrogens (tertiary/aromatic N) is 1. The lowest BCUT2D eigenvalue weighted by Crippen LogP contribution is -2.22. The second-order valence-electron chi connectivity index (χ2n) is 1.98. The maximum atomic E-state index is 12.7. The first kappa shape index (κ1) is 7.21. The zero-order valence-corrected chi connectivity index (χ0v) is 5.63. The zero-order chi connectivity index (χ0) is 7.56. The molecule has 0 spiro atoms. The Balaban J connectivity index is 2.77. The molecular weight excluding hydrogens is 135 g/mol. The van der Waals surface area contributed by atoms with Crippen LogP contribution in [0.1, 0.15) is 13.3 Å². The number of rotatable bonds is 1. The summed E-state index contributed by atoms with van der Waals surface area (Å²) in [5, 5.41) is 11.4. The smallest absolute Gasteiger partial charge is 0.201 e. The molecule has 0 aromatic rings. The number of aliphatic imine (C=N–C) groups is 1. The summed E-state index contributed by atoms with van der Waals surface area (Å²) in [6, 6.07) is 0. The van der Waals surface area contributed by atoms with Crippen LogP contribution >= 0.6 is 0 Å². The van der Waals surface area contributed by atoms with Gasteiger partial charge in [-0.15, -0.1) is 0 Å². The Morgan fingerprint density at radius 1 is 1.90 bits per heavy atom. The molecule has 1 unspecified atom stereocenters. The van der Waals surface area contributed by atoms with E-state index in [1.165, 1.54) is 6.34 Å². The third kappa shape index (κ3) is 1.16. The van der Waals surface area contributed by atoms with Crippen LogP contribution in [0.5, 0.6) is 0 Å². The second kappa shape index (κ2) is 2.79. The summed E-state index contributed by atoms with van der Waals surface area (Å²) in [7, 11) is 0. The molecule has 0 bridgehead atoms. The van der Waals surface area contributed by atoms with E-state index in [4.69, 9.17) is 5.11 Å². The van der Waals surface area contributed by atoms with Crippen LogP contribution in [0.4, 0.5) is 4.39 Å². The molecule has 3 nitrogen and oxygen atoms in total. The third-order valence-corrected chi connectivity index (χ3v) is 1.32. The predicted octanol–water partition coefficient (Wildman–Crippen LogP) is 0.527. The van der Waals surface area contributed by atoms with Crippen LogP contribution in [0, 0.1) is 0 Å². The van der Waals surface area contributed by atoms with Gasteiger partial charge in [0.05, 0.1) is 12.0 Å². The highest BCUT2D eigenvalue weighted by atomic mass is 19.1. The van der Waals surface area contributed by atoms with E-state index in [1.807, 2.05) is 0 Å². The molecule has 10 heavy (non-hydrogen) atoms. The molecule has 0 fully saturated rings. The van der Waals surface area contributed by atoms with Gasteiger partial charge in [0.1, 0.15) is 0 Å². The van der Waals surface area contributed by atoms with Crippen molar-refractivity contribution in [3.05, 3.63) is 11.5 Å². The third-order valence-electron chi connectivity index (χ3n) is 1.32. The number of hydrogen-bond donors (Lipinski definition) is 2. The molecule has 0 saturated carbocycles. The van der Waals surface area contributed by atoms with E-state index in [9.17, 15) is 4.39 Å². The summed E-state index contributed by atoms with van der Waals surface area (Å²) in [6.07, 6.45) is 0.540. The predicted molar refractivity (Wildman–Crippen MR) is 36.1 cm³/mol. The number of aliphatic hydroxyl groups excluding tert-OH is 1. The normalized spacial score (nSPS) is 24.9. The molecular formula is C6H9FN2O. The van der Waals surface area contributed by atoms with Gasteiger partial charge in [-0.1, -0.05) is 6.92 Å². The van der Waals surface area contributed by atoms with Crippen molar-refractivity contribution in [2.45, 2.75) is 19.6 Å². The van der Waals surface area contributed by atoms with Crippen LogP contribution in [-0.2, 0) is 0 Å². The summed E-state index contributed by atoms with van der Waals surface area (Å²) in [5.74, 6) is -0.579. The van der Waals surface area contributed by atoms with Gasteiger partial charge in [0, 0.05) is 0 Å². The van der Waals surface area contributed by atoms with Crippen molar-refractivity contribution in [1.29, 1.82) is 0 Å². The first-order valence-corrected chi connectivity index (χ1v) is 3.10. The first-order valence-electron chi connectivity index (χ1n) is 3.10. The fraction of sp³-hybridized carbons (Fsp3) is 0.500. The Hall–Kier alpha value is -0.900. The van der Waals surface area contributed by atoms with Crippen molar-refractivity contribution in [3.8, 4) is 0 Å². The molecule has 0 aromatic heterocycles. The Labute approximate surface area is 58.3 Å². The lowest BCUT2D eigenvalue weighted by Gasteiger charge is -2.13. The standard InChI is InChI=1S/C6H9FN2O/c1-2-4-5(7)6(10)9-3-8-4/h3,6,10H,2H2,1H3,(H,8,9). The molecule has 2 N–H and O–H groups in total. The Kier molecular flexibility index (Phi) is 2.01. The first-order chi connectivity index (χ1) is 4.75. The highest BCUT2D eigenvalue weighted by Crippen LogP contribution is 2.14. The number of halogens is 1. The van der Waals surface area contributed by atoms with Gasteiger partial charge in [0.15, 0.2) is 5.83 Å². The largest absolute Gasteiger partial charge is 0.366 e. The second-order valence-corrected chi connectivity index (χ2v) is 1.98. The Bertz CT molecular complexity index is 188. The topological polar surface area (TPSA) is 44.6 Å². The molecule has 1 aliphatic rings. The highest BCUT2D eigenvalue weighted by molar-refractivity contribution is 5.60. The Morgan fingerprint density at radius 2 is 2.60 bits per heavy atom. The fourth-order valence-corrected chi connectivity index (χ4v) is 0.747. The zero-order valence-electron chi connectivity index (χ0n) is 5.63. The van der Waals surface area contributed by atoms with E-state index in [0.29, 0.717) is 12.1 Å². The maximum Gasteiger partial charge on any atom is 0.201 e. The van der Waals surface area contributed by atoms with Crippen LogP contribution in [-0.4, -0.2) is 17.7 Å². The molecule has 1 rings (SSSR count). The average molecular weight is 144 g/mol. The molecule has 1 atom stereocenters. The van der Waals surface area contributed by atoms with Crippen molar-refractivity contribution in [3.63, 3.8) is 0 Å². The van der Waals surface area contributed by atoms with Gasteiger partial charge >= 0.3 is 0 Å². The van der Waals surface area contributed by atoms with Gasteiger partial charge in [-0.3, -0.25) is 0 Å². The van der Waals surface area contributed by atoms with E-state index in [0.717, 1.165) is 0 Å². The van der Waals surface area contributed by atoms with E-state index in [2.05, 4.69) is 10.3 Å². The molecule has 0 radical (unpaired) electrons. The summed E-state index contributed by atoms with van der Waals surface area (Å²) >= 11 is 0.